The van der Waals surface area contributed by atoms with Gasteiger partial charge in [-0.1, -0.05) is 52.3 Å². The zero-order valence-electron chi connectivity index (χ0n) is 12.6. The Hall–Kier alpha value is -2.18. The summed E-state index contributed by atoms with van der Waals surface area (Å²) >= 11 is 3.43. The van der Waals surface area contributed by atoms with Gasteiger partial charge in [0.15, 0.2) is 12.5 Å². The average molecular weight is 388 g/mol. The number of ether oxygens (including phenoxy) is 2. The second-order valence-corrected chi connectivity index (χ2v) is 6.41. The summed E-state index contributed by atoms with van der Waals surface area (Å²) in [7, 11) is 0. The fourth-order valence-electron chi connectivity index (χ4n) is 3.20. The Morgan fingerprint density at radius 3 is 1.75 bits per heavy atom. The number of halogens is 1. The van der Waals surface area contributed by atoms with Gasteiger partial charge in [0.2, 0.25) is 0 Å². The van der Waals surface area contributed by atoms with E-state index in [2.05, 4.69) is 15.9 Å². The SMILES string of the molecule is O=C1OC(N(CCBr)C2OC(=O)c3ccccc32)c2ccccc21. The van der Waals surface area contributed by atoms with Gasteiger partial charge < -0.3 is 9.47 Å². The number of carbonyl (C=O) groups excluding carboxylic acids is 2. The molecular weight excluding hydrogens is 374 g/mol. The maximum atomic E-state index is 12.1. The number of hydrogen-bond acceptors (Lipinski definition) is 5. The Balaban J connectivity index is 1.75. The molecule has 2 aliphatic rings. The normalized spacial score (nSPS) is 21.4. The summed E-state index contributed by atoms with van der Waals surface area (Å²) in [6.45, 7) is 0.554. The molecule has 2 aliphatic heterocycles. The van der Waals surface area contributed by atoms with Crippen LogP contribution in [0.5, 0.6) is 0 Å². The highest BCUT2D eigenvalue weighted by Crippen LogP contribution is 2.42. The van der Waals surface area contributed by atoms with Crippen LogP contribution < -0.4 is 0 Å². The largest absolute Gasteiger partial charge is 0.438 e. The molecular formula is C18H14BrNO4. The Bertz CT molecular complexity index is 757. The topological polar surface area (TPSA) is 55.8 Å². The lowest BCUT2D eigenvalue weighted by molar-refractivity contribution is -0.104. The van der Waals surface area contributed by atoms with Crippen LogP contribution in [0.3, 0.4) is 0 Å². The number of cyclic esters (lactones) is 2. The van der Waals surface area contributed by atoms with E-state index < -0.39 is 12.5 Å². The molecule has 24 heavy (non-hydrogen) atoms. The highest BCUT2D eigenvalue weighted by Gasteiger charge is 2.43. The van der Waals surface area contributed by atoms with Gasteiger partial charge in [-0.3, -0.25) is 0 Å². The predicted molar refractivity (Wildman–Crippen MR) is 89.7 cm³/mol. The van der Waals surface area contributed by atoms with Crippen molar-refractivity contribution in [2.45, 2.75) is 12.5 Å². The van der Waals surface area contributed by atoms with Crippen LogP contribution in [0.1, 0.15) is 44.3 Å². The molecule has 2 aromatic rings. The van der Waals surface area contributed by atoms with Gasteiger partial charge in [-0.2, -0.15) is 0 Å². The fraction of sp³-hybridized carbons (Fsp3) is 0.222. The minimum Gasteiger partial charge on any atom is -0.438 e. The number of fused-ring (bicyclic) bond motifs is 2. The first-order valence-electron chi connectivity index (χ1n) is 7.62. The third-order valence-corrected chi connectivity index (χ3v) is 4.63. The summed E-state index contributed by atoms with van der Waals surface area (Å²) in [4.78, 5) is 26.2. The fourth-order valence-corrected chi connectivity index (χ4v) is 3.61. The van der Waals surface area contributed by atoms with E-state index in [1.807, 2.05) is 41.3 Å². The Morgan fingerprint density at radius 1 is 0.833 bits per heavy atom. The molecule has 0 radical (unpaired) electrons. The van der Waals surface area contributed by atoms with Crippen molar-refractivity contribution in [3.63, 3.8) is 0 Å². The molecule has 0 spiro atoms. The van der Waals surface area contributed by atoms with Crippen molar-refractivity contribution in [2.75, 3.05) is 11.9 Å². The van der Waals surface area contributed by atoms with Gasteiger partial charge >= 0.3 is 11.9 Å². The summed E-state index contributed by atoms with van der Waals surface area (Å²) in [5.41, 5.74) is 2.70. The number of rotatable bonds is 4. The molecule has 0 saturated carbocycles. The zero-order chi connectivity index (χ0) is 16.7. The van der Waals surface area contributed by atoms with E-state index in [-0.39, 0.29) is 11.9 Å². The minimum absolute atomic E-state index is 0.354. The zero-order valence-corrected chi connectivity index (χ0v) is 14.2. The standard InChI is InChI=1S/C18H14BrNO4/c19-9-10-20(15-11-5-1-3-7-13(11)17(21)23-15)16-12-6-2-4-8-14(12)18(22)24-16/h1-8,15-16H,9-10H2. The second kappa shape index (κ2) is 6.03. The van der Waals surface area contributed by atoms with Crippen LogP contribution in [0.25, 0.3) is 0 Å². The molecule has 0 saturated heterocycles. The van der Waals surface area contributed by atoms with E-state index in [9.17, 15) is 9.59 Å². The molecule has 0 aliphatic carbocycles. The third kappa shape index (κ3) is 2.34. The van der Waals surface area contributed by atoms with Crippen LogP contribution in [0.4, 0.5) is 0 Å². The van der Waals surface area contributed by atoms with Crippen molar-refractivity contribution in [1.29, 1.82) is 0 Å². The van der Waals surface area contributed by atoms with Gasteiger partial charge in [0, 0.05) is 23.0 Å². The molecule has 4 rings (SSSR count). The van der Waals surface area contributed by atoms with Crippen LogP contribution in [-0.2, 0) is 9.47 Å². The summed E-state index contributed by atoms with van der Waals surface area (Å²) in [5, 5.41) is 0.652. The van der Waals surface area contributed by atoms with E-state index in [1.165, 1.54) is 0 Å². The first-order chi connectivity index (χ1) is 11.7. The minimum atomic E-state index is -0.574. The lowest BCUT2D eigenvalue weighted by atomic mass is 10.1. The summed E-state index contributed by atoms with van der Waals surface area (Å²) < 4.78 is 11.2. The molecule has 2 heterocycles. The van der Waals surface area contributed by atoms with E-state index in [0.29, 0.717) is 23.0 Å². The van der Waals surface area contributed by atoms with Gasteiger partial charge in [0.1, 0.15) is 0 Å². The quantitative estimate of drug-likeness (QED) is 0.594. The molecule has 0 bridgehead atoms. The number of nitrogens with zero attached hydrogens (tertiary/aromatic N) is 1. The first-order valence-corrected chi connectivity index (χ1v) is 8.74. The number of alkyl halides is 1. The Kier molecular flexibility index (Phi) is 3.86. The molecule has 0 N–H and O–H groups in total. The van der Waals surface area contributed by atoms with Crippen molar-refractivity contribution >= 4 is 27.9 Å². The van der Waals surface area contributed by atoms with Crippen LogP contribution in [0.15, 0.2) is 48.5 Å². The van der Waals surface area contributed by atoms with Gasteiger partial charge in [-0.05, 0) is 12.1 Å². The van der Waals surface area contributed by atoms with E-state index in [1.54, 1.807) is 12.1 Å². The van der Waals surface area contributed by atoms with Crippen LogP contribution in [0, 0.1) is 0 Å². The number of benzene rings is 2. The predicted octanol–water partition coefficient (Wildman–Crippen LogP) is 3.42. The van der Waals surface area contributed by atoms with Crippen LogP contribution >= 0.6 is 15.9 Å². The lowest BCUT2D eigenvalue weighted by Crippen LogP contribution is -2.34. The molecule has 2 unspecified atom stereocenters. The van der Waals surface area contributed by atoms with E-state index >= 15 is 0 Å². The summed E-state index contributed by atoms with van der Waals surface area (Å²) in [6, 6.07) is 14.6. The Labute approximate surface area is 147 Å². The van der Waals surface area contributed by atoms with Gasteiger partial charge in [0.25, 0.3) is 0 Å². The molecule has 0 aromatic heterocycles. The molecule has 5 nitrogen and oxygen atoms in total. The highest BCUT2D eigenvalue weighted by atomic mass is 79.9. The highest BCUT2D eigenvalue weighted by molar-refractivity contribution is 9.09. The molecule has 2 atom stereocenters. The van der Waals surface area contributed by atoms with Gasteiger partial charge in [0.05, 0.1) is 11.1 Å². The third-order valence-electron chi connectivity index (χ3n) is 4.28. The maximum absolute atomic E-state index is 12.1. The number of hydrogen-bond donors (Lipinski definition) is 0. The number of esters is 2. The average Bonchev–Trinajstić information content (AvgIpc) is 3.12. The number of carbonyl (C=O) groups is 2. The molecule has 0 amide bonds. The smallest absolute Gasteiger partial charge is 0.340 e. The van der Waals surface area contributed by atoms with Crippen molar-refractivity contribution in [3.8, 4) is 0 Å². The van der Waals surface area contributed by atoms with Gasteiger partial charge in [-0.15, -0.1) is 0 Å². The van der Waals surface area contributed by atoms with Crippen LogP contribution in [-0.4, -0.2) is 28.7 Å². The van der Waals surface area contributed by atoms with Crippen molar-refractivity contribution in [1.82, 2.24) is 4.90 Å². The van der Waals surface area contributed by atoms with E-state index in [0.717, 1.165) is 11.1 Å². The van der Waals surface area contributed by atoms with Gasteiger partial charge in [-0.25, -0.2) is 14.5 Å². The monoisotopic (exact) mass is 387 g/mol. The molecule has 0 fully saturated rings. The Morgan fingerprint density at radius 2 is 1.29 bits per heavy atom. The summed E-state index contributed by atoms with van der Waals surface area (Å²) in [6.07, 6.45) is -1.15. The second-order valence-electron chi connectivity index (χ2n) is 5.62. The maximum Gasteiger partial charge on any atom is 0.340 e. The molecule has 122 valence electrons. The van der Waals surface area contributed by atoms with Crippen molar-refractivity contribution in [3.05, 3.63) is 70.8 Å². The molecule has 2 aromatic carbocycles. The first kappa shape index (κ1) is 15.4. The molecule has 6 heteroatoms. The van der Waals surface area contributed by atoms with Crippen LogP contribution in [0.2, 0.25) is 0 Å². The van der Waals surface area contributed by atoms with Crippen molar-refractivity contribution in [2.24, 2.45) is 0 Å². The van der Waals surface area contributed by atoms with Crippen molar-refractivity contribution < 1.29 is 19.1 Å². The summed E-state index contributed by atoms with van der Waals surface area (Å²) in [5.74, 6) is -0.708. The van der Waals surface area contributed by atoms with E-state index in [4.69, 9.17) is 9.47 Å². The lowest BCUT2D eigenvalue weighted by Gasteiger charge is -2.32.